The van der Waals surface area contributed by atoms with E-state index in [4.69, 9.17) is 4.55 Å². The molecule has 0 heterocycles. The molecule has 0 saturated carbocycles. The molecule has 0 spiro atoms. The molecule has 6 heteroatoms. The molecule has 11 heavy (non-hydrogen) atoms. The summed E-state index contributed by atoms with van der Waals surface area (Å²) in [5.74, 6) is -0.469. The molecule has 4 nitrogen and oxygen atoms in total. The van der Waals surface area contributed by atoms with Gasteiger partial charge in [-0.1, -0.05) is 0 Å². The van der Waals surface area contributed by atoms with Crippen LogP contribution in [-0.4, -0.2) is 56.6 Å². The summed E-state index contributed by atoms with van der Waals surface area (Å²) in [6, 6.07) is 0. The minimum atomic E-state index is -1.89. The third-order valence-corrected chi connectivity index (χ3v) is 1.34. The van der Waals surface area contributed by atoms with Crippen molar-refractivity contribution in [1.82, 2.24) is 0 Å². The van der Waals surface area contributed by atoms with E-state index in [2.05, 4.69) is 4.74 Å². The maximum absolute atomic E-state index is 10.5. The van der Waals surface area contributed by atoms with Crippen molar-refractivity contribution in [1.29, 1.82) is 0 Å². The fourth-order valence-corrected chi connectivity index (χ4v) is 0.745. The summed E-state index contributed by atoms with van der Waals surface area (Å²) in [5, 5.41) is 0. The summed E-state index contributed by atoms with van der Waals surface area (Å²) in [5.41, 5.74) is 0. The average Bonchev–Trinajstić information content (AvgIpc) is 1.85. The Morgan fingerprint density at radius 3 is 2.55 bits per heavy atom. The molecule has 0 fully saturated rings. The zero-order valence-electron chi connectivity index (χ0n) is 5.70. The number of ether oxygens (including phenoxy) is 1. The van der Waals surface area contributed by atoms with Gasteiger partial charge in [0.25, 0.3) is 0 Å². The van der Waals surface area contributed by atoms with Gasteiger partial charge < -0.3 is 9.29 Å². The Kier molecular flexibility index (Phi) is 11.1. The molecule has 0 aromatic carbocycles. The van der Waals surface area contributed by atoms with Crippen molar-refractivity contribution in [2.45, 2.75) is 13.3 Å². The van der Waals surface area contributed by atoms with Crippen molar-refractivity contribution in [2.24, 2.45) is 0 Å². The first-order valence-corrected chi connectivity index (χ1v) is 4.17. The number of carbonyl (C=O) groups is 1. The van der Waals surface area contributed by atoms with Crippen molar-refractivity contribution in [2.75, 3.05) is 12.4 Å². The quantitative estimate of drug-likeness (QED) is 0.369. The van der Waals surface area contributed by atoms with Crippen LogP contribution in [-0.2, 0) is 20.6 Å². The molecular formula is C5H11NaO4S. The van der Waals surface area contributed by atoms with E-state index >= 15 is 0 Å². The van der Waals surface area contributed by atoms with Crippen LogP contribution in [0.1, 0.15) is 13.3 Å². The van der Waals surface area contributed by atoms with Crippen LogP contribution in [0.15, 0.2) is 0 Å². The SMILES string of the molecule is CCOC(=O)CCS(=O)O.[NaH]. The molecule has 0 aliphatic carbocycles. The third kappa shape index (κ3) is 10.6. The van der Waals surface area contributed by atoms with Gasteiger partial charge in [0.1, 0.15) is 0 Å². The van der Waals surface area contributed by atoms with Crippen molar-refractivity contribution in [3.8, 4) is 0 Å². The molecule has 1 unspecified atom stereocenters. The number of hydrogen-bond acceptors (Lipinski definition) is 3. The van der Waals surface area contributed by atoms with Gasteiger partial charge in [-0.05, 0) is 6.92 Å². The number of esters is 1. The molecular weight excluding hydrogens is 179 g/mol. The monoisotopic (exact) mass is 190 g/mol. The Morgan fingerprint density at radius 1 is 1.64 bits per heavy atom. The number of rotatable bonds is 4. The summed E-state index contributed by atoms with van der Waals surface area (Å²) in [6.07, 6.45) is 0.0109. The minimum absolute atomic E-state index is 0. The molecule has 1 N–H and O–H groups in total. The molecule has 0 amide bonds. The summed E-state index contributed by atoms with van der Waals surface area (Å²) < 4.78 is 22.8. The molecule has 0 rings (SSSR count). The predicted molar refractivity (Wildman–Crippen MR) is 44.0 cm³/mol. The van der Waals surface area contributed by atoms with E-state index in [-0.39, 0.29) is 41.7 Å². The fraction of sp³-hybridized carbons (Fsp3) is 0.800. The number of hydrogen-bond donors (Lipinski definition) is 1. The molecule has 0 radical (unpaired) electrons. The first kappa shape index (κ1) is 14.1. The van der Waals surface area contributed by atoms with Crippen LogP contribution in [0.4, 0.5) is 0 Å². The third-order valence-electron chi connectivity index (χ3n) is 0.786. The Hall–Kier alpha value is 0.580. The van der Waals surface area contributed by atoms with Gasteiger partial charge in [0, 0.05) is 0 Å². The van der Waals surface area contributed by atoms with Crippen molar-refractivity contribution >= 4 is 46.6 Å². The Labute approximate surface area is 90.3 Å². The average molecular weight is 190 g/mol. The van der Waals surface area contributed by atoms with E-state index in [1.807, 2.05) is 0 Å². The van der Waals surface area contributed by atoms with Crippen LogP contribution in [0.2, 0.25) is 0 Å². The Morgan fingerprint density at radius 2 is 2.18 bits per heavy atom. The van der Waals surface area contributed by atoms with Gasteiger partial charge in [-0.25, -0.2) is 4.21 Å². The zero-order valence-corrected chi connectivity index (χ0v) is 6.52. The van der Waals surface area contributed by atoms with Gasteiger partial charge in [0.15, 0.2) is 11.1 Å². The first-order chi connectivity index (χ1) is 4.66. The predicted octanol–water partition coefficient (Wildman–Crippen LogP) is -0.487. The molecule has 0 aromatic rings. The summed E-state index contributed by atoms with van der Waals surface area (Å²) >= 11 is -1.89. The van der Waals surface area contributed by atoms with E-state index in [0.29, 0.717) is 6.61 Å². The Balaban J connectivity index is 0. The van der Waals surface area contributed by atoms with Crippen LogP contribution < -0.4 is 0 Å². The standard InChI is InChI=1S/C5H10O4S.Na.H/c1-2-9-5(6)3-4-10(7)8;;/h2-4H2,1H3,(H,7,8);;. The summed E-state index contributed by atoms with van der Waals surface area (Å²) in [4.78, 5) is 10.5. The van der Waals surface area contributed by atoms with Gasteiger partial charge in [0.05, 0.1) is 18.8 Å². The molecule has 0 aromatic heterocycles. The van der Waals surface area contributed by atoms with Crippen molar-refractivity contribution in [3.05, 3.63) is 0 Å². The zero-order chi connectivity index (χ0) is 7.98. The van der Waals surface area contributed by atoms with E-state index in [0.717, 1.165) is 0 Å². The summed E-state index contributed by atoms with van der Waals surface area (Å²) in [7, 11) is 0. The molecule has 62 valence electrons. The van der Waals surface area contributed by atoms with Gasteiger partial charge in [-0.3, -0.25) is 4.79 Å². The molecule has 0 aliphatic rings. The molecule has 0 aliphatic heterocycles. The molecule has 1 atom stereocenters. The van der Waals surface area contributed by atoms with Crippen molar-refractivity contribution < 1.29 is 18.3 Å². The molecule has 0 bridgehead atoms. The van der Waals surface area contributed by atoms with Crippen LogP contribution >= 0.6 is 0 Å². The van der Waals surface area contributed by atoms with Crippen LogP contribution in [0, 0.1) is 0 Å². The number of carbonyl (C=O) groups excluding carboxylic acids is 1. The van der Waals surface area contributed by atoms with E-state index < -0.39 is 17.0 Å². The van der Waals surface area contributed by atoms with Crippen LogP contribution in [0.3, 0.4) is 0 Å². The van der Waals surface area contributed by atoms with Crippen molar-refractivity contribution in [3.63, 3.8) is 0 Å². The fourth-order valence-electron chi connectivity index (χ4n) is 0.404. The van der Waals surface area contributed by atoms with Gasteiger partial charge in [-0.15, -0.1) is 0 Å². The van der Waals surface area contributed by atoms with Crippen LogP contribution in [0.5, 0.6) is 0 Å². The second-order valence-electron chi connectivity index (χ2n) is 1.58. The van der Waals surface area contributed by atoms with Crippen LogP contribution in [0.25, 0.3) is 0 Å². The van der Waals surface area contributed by atoms with Gasteiger partial charge >= 0.3 is 35.5 Å². The van der Waals surface area contributed by atoms with E-state index in [1.54, 1.807) is 6.92 Å². The van der Waals surface area contributed by atoms with E-state index in [1.165, 1.54) is 0 Å². The normalized spacial score (nSPS) is 11.5. The van der Waals surface area contributed by atoms with Gasteiger partial charge in [-0.2, -0.15) is 0 Å². The Bertz CT molecular complexity index is 138. The topological polar surface area (TPSA) is 63.6 Å². The maximum atomic E-state index is 10.5. The second-order valence-corrected chi connectivity index (χ2v) is 2.63. The van der Waals surface area contributed by atoms with E-state index in [9.17, 15) is 9.00 Å². The summed E-state index contributed by atoms with van der Waals surface area (Å²) in [6.45, 7) is 2.00. The molecule has 0 saturated heterocycles. The first-order valence-electron chi connectivity index (χ1n) is 2.90. The second kappa shape index (κ2) is 8.67. The van der Waals surface area contributed by atoms with Gasteiger partial charge in [0.2, 0.25) is 0 Å².